The lowest BCUT2D eigenvalue weighted by atomic mass is 10.3. The summed E-state index contributed by atoms with van der Waals surface area (Å²) in [6.07, 6.45) is 0. The Morgan fingerprint density at radius 3 is 2.36 bits per heavy atom. The van der Waals surface area contributed by atoms with E-state index in [-0.39, 0.29) is 9.45 Å². The molecule has 0 fully saturated rings. The van der Waals surface area contributed by atoms with Crippen molar-refractivity contribution in [1.29, 1.82) is 0 Å². The van der Waals surface area contributed by atoms with Crippen molar-refractivity contribution in [3.63, 3.8) is 0 Å². The van der Waals surface area contributed by atoms with Gasteiger partial charge in [0.15, 0.2) is 0 Å². The minimum absolute atomic E-state index is 0.278. The van der Waals surface area contributed by atoms with E-state index in [0.717, 1.165) is 5.92 Å². The van der Waals surface area contributed by atoms with Crippen molar-refractivity contribution < 1.29 is 0 Å². The lowest BCUT2D eigenvalue weighted by Crippen LogP contribution is -2.00. The smallest absolute Gasteiger partial charge is 0.00413 e. The Hall–Kier alpha value is 0.530. The van der Waals surface area contributed by atoms with Gasteiger partial charge in [0.05, 0.1) is 0 Å². The molecule has 0 aliphatic carbocycles. The van der Waals surface area contributed by atoms with E-state index in [1.165, 1.54) is 11.3 Å². The van der Waals surface area contributed by atoms with Crippen molar-refractivity contribution in [3.8, 4) is 0 Å². The Kier molecular flexibility index (Phi) is 6.38. The summed E-state index contributed by atoms with van der Waals surface area (Å²) in [5, 5.41) is 2.29. The van der Waals surface area contributed by atoms with E-state index in [0.29, 0.717) is 0 Å². The largest absolute Gasteiger partial charge is 0.0970 e. The van der Waals surface area contributed by atoms with E-state index in [9.17, 15) is 0 Å². The van der Waals surface area contributed by atoms with Crippen LogP contribution in [0, 0.1) is 5.92 Å². The van der Waals surface area contributed by atoms with Gasteiger partial charge < -0.3 is 0 Å². The Morgan fingerprint density at radius 1 is 1.55 bits per heavy atom. The van der Waals surface area contributed by atoms with Gasteiger partial charge in [-0.05, 0) is 45.2 Å². The first-order valence-corrected chi connectivity index (χ1v) is 7.42. The molecule has 3 heteroatoms. The molecule has 0 aliphatic rings. The van der Waals surface area contributed by atoms with Gasteiger partial charge in [0, 0.05) is 5.75 Å². The maximum atomic E-state index is 4.99. The minimum Gasteiger partial charge on any atom is -0.0970 e. The van der Waals surface area contributed by atoms with Gasteiger partial charge in [-0.3, -0.25) is 0 Å². The van der Waals surface area contributed by atoms with Crippen LogP contribution in [0.2, 0.25) is 0 Å². The van der Waals surface area contributed by atoms with E-state index >= 15 is 0 Å². The van der Waals surface area contributed by atoms with E-state index in [1.54, 1.807) is 8.88 Å². The summed E-state index contributed by atoms with van der Waals surface area (Å²) in [5.41, 5.74) is 1.38. The quantitative estimate of drug-likeness (QED) is 0.687. The molecular formula is C8H16S3. The highest BCUT2D eigenvalue weighted by Crippen LogP contribution is 2.01. The Labute approximate surface area is 79.9 Å². The number of allylic oxidation sites excluding steroid dienone is 1. The summed E-state index contributed by atoms with van der Waals surface area (Å²) >= 11 is 4.99. The molecule has 0 nitrogen and oxygen atoms in total. The van der Waals surface area contributed by atoms with Gasteiger partial charge in [0.2, 0.25) is 0 Å². The van der Waals surface area contributed by atoms with Crippen LogP contribution in [0.3, 0.4) is 0 Å². The maximum Gasteiger partial charge on any atom is 0.00413 e. The van der Waals surface area contributed by atoms with E-state index < -0.39 is 0 Å². The van der Waals surface area contributed by atoms with E-state index in [2.05, 4.69) is 33.1 Å². The zero-order valence-electron chi connectivity index (χ0n) is 7.59. The predicted octanol–water partition coefficient (Wildman–Crippen LogP) is 2.64. The highest BCUT2D eigenvalue weighted by atomic mass is 33.1. The van der Waals surface area contributed by atoms with Gasteiger partial charge in [0.1, 0.15) is 0 Å². The second kappa shape index (κ2) is 6.09. The molecule has 0 aromatic carbocycles. The third-order valence-corrected chi connectivity index (χ3v) is 5.65. The summed E-state index contributed by atoms with van der Waals surface area (Å²) in [7, 11) is 1.84. The van der Waals surface area contributed by atoms with Crippen LogP contribution in [0.25, 0.3) is 0 Å². The maximum absolute atomic E-state index is 4.99. The van der Waals surface area contributed by atoms with Gasteiger partial charge in [0.25, 0.3) is 0 Å². The Balaban J connectivity index is 4.22. The first-order chi connectivity index (χ1) is 5.06. The van der Waals surface area contributed by atoms with Crippen LogP contribution in [0.1, 0.15) is 27.7 Å². The molecule has 66 valence electrons. The number of hydrogen-bond acceptors (Lipinski definition) is 1. The number of hydrogen-bond donors (Lipinski definition) is 0. The van der Waals surface area contributed by atoms with Gasteiger partial charge in [-0.25, -0.2) is 0 Å². The molecule has 0 N–H and O–H groups in total. The van der Waals surface area contributed by atoms with Crippen LogP contribution in [0.5, 0.6) is 0 Å². The minimum atomic E-state index is 0.278. The normalized spacial score (nSPS) is 12.8. The summed E-state index contributed by atoms with van der Waals surface area (Å²) in [6, 6.07) is 0. The summed E-state index contributed by atoms with van der Waals surface area (Å²) < 4.78 is 0. The third kappa shape index (κ3) is 6.91. The zero-order chi connectivity index (χ0) is 8.85. The molecule has 0 saturated heterocycles. The van der Waals surface area contributed by atoms with Crippen molar-refractivity contribution >= 4 is 29.5 Å². The van der Waals surface area contributed by atoms with Crippen LogP contribution in [0.15, 0.2) is 11.0 Å². The van der Waals surface area contributed by atoms with E-state index in [1.807, 2.05) is 0 Å². The van der Waals surface area contributed by atoms with Crippen LogP contribution >= 0.6 is 0 Å². The molecular weight excluding hydrogens is 192 g/mol. The number of rotatable bonds is 3. The summed E-state index contributed by atoms with van der Waals surface area (Å²) in [4.78, 5) is 0. The van der Waals surface area contributed by atoms with Crippen LogP contribution in [0.4, 0.5) is 0 Å². The third-order valence-electron chi connectivity index (χ3n) is 0.952. The van der Waals surface area contributed by atoms with E-state index in [4.69, 9.17) is 11.2 Å². The first-order valence-electron chi connectivity index (χ1n) is 3.71. The highest BCUT2D eigenvalue weighted by Gasteiger charge is 1.95. The standard InChI is InChI=1S/C8H16S3/c1-7(2)5-11(10-9)6-8(3)4/h5,8H,6H2,1-4H3. The molecule has 0 bridgehead atoms. The molecule has 0 aliphatic heterocycles. The SMILES string of the molecule is CC(C)=CS(CC(C)C)=S=S. The highest BCUT2D eigenvalue weighted by molar-refractivity contribution is 8.49. The molecule has 0 saturated carbocycles. The molecule has 0 radical (unpaired) electrons. The Morgan fingerprint density at radius 2 is 2.09 bits per heavy atom. The van der Waals surface area contributed by atoms with Gasteiger partial charge >= 0.3 is 0 Å². The monoisotopic (exact) mass is 208 g/mol. The fourth-order valence-corrected chi connectivity index (χ4v) is 4.59. The van der Waals surface area contributed by atoms with Gasteiger partial charge in [-0.1, -0.05) is 28.9 Å². The average Bonchev–Trinajstić information content (AvgIpc) is 1.84. The summed E-state index contributed by atoms with van der Waals surface area (Å²) in [5.74, 6) is 1.98. The van der Waals surface area contributed by atoms with Crippen molar-refractivity contribution in [2.45, 2.75) is 27.7 Å². The van der Waals surface area contributed by atoms with Crippen LogP contribution < -0.4 is 0 Å². The van der Waals surface area contributed by atoms with Gasteiger partial charge in [-0.2, -0.15) is 0 Å². The molecule has 0 aromatic rings. The fraction of sp³-hybridized carbons (Fsp3) is 0.750. The lowest BCUT2D eigenvalue weighted by molar-refractivity contribution is 0.750. The van der Waals surface area contributed by atoms with Crippen molar-refractivity contribution in [3.05, 3.63) is 11.0 Å². The average molecular weight is 208 g/mol. The lowest BCUT2D eigenvalue weighted by Gasteiger charge is -2.03. The molecule has 1 atom stereocenters. The first kappa shape index (κ1) is 11.5. The molecule has 0 spiro atoms. The molecule has 1 unspecified atom stereocenters. The van der Waals surface area contributed by atoms with Crippen LogP contribution in [-0.4, -0.2) is 5.75 Å². The molecule has 0 aromatic heterocycles. The van der Waals surface area contributed by atoms with Crippen molar-refractivity contribution in [2.75, 3.05) is 5.75 Å². The fourth-order valence-electron chi connectivity index (χ4n) is 0.687. The van der Waals surface area contributed by atoms with Crippen molar-refractivity contribution in [1.82, 2.24) is 0 Å². The molecule has 11 heavy (non-hydrogen) atoms. The predicted molar refractivity (Wildman–Crippen MR) is 61.2 cm³/mol. The molecule has 0 amide bonds. The summed E-state index contributed by atoms with van der Waals surface area (Å²) in [6.45, 7) is 8.74. The van der Waals surface area contributed by atoms with Gasteiger partial charge in [-0.15, -0.1) is 0 Å². The Bertz CT molecular complexity index is 193. The second-order valence-electron chi connectivity index (χ2n) is 3.20. The molecule has 0 rings (SSSR count). The second-order valence-corrected chi connectivity index (χ2v) is 7.59. The topological polar surface area (TPSA) is 0 Å². The molecule has 0 heterocycles. The zero-order valence-corrected chi connectivity index (χ0v) is 10.0. The van der Waals surface area contributed by atoms with Crippen molar-refractivity contribution in [2.24, 2.45) is 5.92 Å². The van der Waals surface area contributed by atoms with Crippen LogP contribution in [-0.2, 0) is 29.5 Å².